The number of nitrogens with one attached hydrogen (secondary N) is 2. The number of rotatable bonds is 8. The third-order valence-corrected chi connectivity index (χ3v) is 9.73. The van der Waals surface area contributed by atoms with Crippen LogP contribution in [0.5, 0.6) is 0 Å². The maximum absolute atomic E-state index is 13.3. The van der Waals surface area contributed by atoms with Gasteiger partial charge in [0, 0.05) is 29.0 Å². The molecule has 1 heterocycles. The summed E-state index contributed by atoms with van der Waals surface area (Å²) in [5.41, 5.74) is 1.89. The number of carbonyl (C=O) groups excluding carboxylic acids is 1. The number of thiazole rings is 1. The summed E-state index contributed by atoms with van der Waals surface area (Å²) < 4.78 is 29.3. The minimum absolute atomic E-state index is 0.187. The lowest BCUT2D eigenvalue weighted by atomic mass is 9.80. The molecule has 208 valence electrons. The third kappa shape index (κ3) is 5.94. The van der Waals surface area contributed by atoms with Crippen molar-refractivity contribution in [3.63, 3.8) is 0 Å². The van der Waals surface area contributed by atoms with E-state index >= 15 is 0 Å². The van der Waals surface area contributed by atoms with Gasteiger partial charge < -0.3 is 10.4 Å². The summed E-state index contributed by atoms with van der Waals surface area (Å²) in [6.07, 6.45) is 1.29. The number of benzene rings is 3. The minimum Gasteiger partial charge on any atom is -0.481 e. The number of hydrogen-bond acceptors (Lipinski definition) is 6. The lowest BCUT2D eigenvalue weighted by Crippen LogP contribution is -2.46. The number of carboxylic acids is 1. The Morgan fingerprint density at radius 2 is 1.62 bits per heavy atom. The standard InChI is InChI=1S/C30H31N3O5S2/c1-30(2,3)33-40(37,38)25-14-13-23(21-11-7-8-12-22(21)25)26-24(15-18-9-5-4-6-10-18)32-28(39-26)27(34)31-20-16-19(17-20)29(35)36/h4-14,19-20,33H,15-17H2,1-3H3,(H,31,34)(H,35,36)/t19-,20-. The van der Waals surface area contributed by atoms with Crippen LogP contribution in [0, 0.1) is 5.92 Å². The van der Waals surface area contributed by atoms with Gasteiger partial charge in [-0.15, -0.1) is 11.3 Å². The van der Waals surface area contributed by atoms with Gasteiger partial charge in [0.05, 0.1) is 21.4 Å². The zero-order valence-corrected chi connectivity index (χ0v) is 24.1. The summed E-state index contributed by atoms with van der Waals surface area (Å²) >= 11 is 1.26. The van der Waals surface area contributed by atoms with Gasteiger partial charge in [-0.2, -0.15) is 0 Å². The first kappa shape index (κ1) is 27.9. The van der Waals surface area contributed by atoms with Crippen LogP contribution in [0.2, 0.25) is 0 Å². The Morgan fingerprint density at radius 3 is 2.27 bits per heavy atom. The van der Waals surface area contributed by atoms with E-state index in [2.05, 4.69) is 10.0 Å². The Labute approximate surface area is 237 Å². The molecule has 0 unspecified atom stereocenters. The third-order valence-electron chi connectivity index (χ3n) is 6.79. The van der Waals surface area contributed by atoms with Crippen molar-refractivity contribution in [1.29, 1.82) is 0 Å². The number of aliphatic carboxylic acids is 1. The van der Waals surface area contributed by atoms with Crippen LogP contribution < -0.4 is 10.0 Å². The summed E-state index contributed by atoms with van der Waals surface area (Å²) in [4.78, 5) is 30.0. The molecule has 0 atom stereocenters. The van der Waals surface area contributed by atoms with Crippen LogP contribution in [0.15, 0.2) is 71.6 Å². The van der Waals surface area contributed by atoms with Crippen LogP contribution in [-0.2, 0) is 21.2 Å². The Balaban J connectivity index is 1.57. The van der Waals surface area contributed by atoms with Gasteiger partial charge in [-0.25, -0.2) is 18.1 Å². The molecule has 1 aliphatic carbocycles. The highest BCUT2D eigenvalue weighted by Crippen LogP contribution is 2.39. The quantitative estimate of drug-likeness (QED) is 0.264. The molecule has 40 heavy (non-hydrogen) atoms. The highest BCUT2D eigenvalue weighted by molar-refractivity contribution is 7.89. The van der Waals surface area contributed by atoms with Crippen LogP contribution >= 0.6 is 11.3 Å². The second-order valence-corrected chi connectivity index (χ2v) is 13.8. The molecule has 0 bridgehead atoms. The molecule has 1 aromatic heterocycles. The van der Waals surface area contributed by atoms with Crippen molar-refractivity contribution in [2.75, 3.05) is 0 Å². The van der Waals surface area contributed by atoms with Gasteiger partial charge in [0.1, 0.15) is 0 Å². The Hall–Kier alpha value is -3.60. The molecule has 1 fully saturated rings. The van der Waals surface area contributed by atoms with Crippen LogP contribution in [0.3, 0.4) is 0 Å². The smallest absolute Gasteiger partial charge is 0.306 e. The van der Waals surface area contributed by atoms with Gasteiger partial charge in [0.15, 0.2) is 5.01 Å². The summed E-state index contributed by atoms with van der Waals surface area (Å²) in [7, 11) is -3.80. The van der Waals surface area contributed by atoms with Crippen molar-refractivity contribution in [2.45, 2.75) is 56.5 Å². The molecule has 3 N–H and O–H groups in total. The number of fused-ring (bicyclic) bond motifs is 1. The number of sulfonamides is 1. The first-order chi connectivity index (χ1) is 18.9. The Morgan fingerprint density at radius 1 is 0.975 bits per heavy atom. The van der Waals surface area contributed by atoms with Crippen molar-refractivity contribution in [2.24, 2.45) is 5.92 Å². The van der Waals surface area contributed by atoms with Gasteiger partial charge >= 0.3 is 5.97 Å². The predicted molar refractivity (Wildman–Crippen MR) is 156 cm³/mol. The van der Waals surface area contributed by atoms with E-state index in [0.717, 1.165) is 21.4 Å². The van der Waals surface area contributed by atoms with Gasteiger partial charge in [-0.05, 0) is 50.6 Å². The Kier molecular flexibility index (Phi) is 7.52. The Bertz CT molecular complexity index is 1690. The molecule has 0 aliphatic heterocycles. The van der Waals surface area contributed by atoms with Crippen molar-refractivity contribution < 1.29 is 23.1 Å². The predicted octanol–water partition coefficient (Wildman–Crippen LogP) is 5.22. The highest BCUT2D eigenvalue weighted by atomic mass is 32.2. The summed E-state index contributed by atoms with van der Waals surface area (Å²) in [6, 6.07) is 20.4. The highest BCUT2D eigenvalue weighted by Gasteiger charge is 2.36. The largest absolute Gasteiger partial charge is 0.481 e. The molecule has 0 radical (unpaired) electrons. The fourth-order valence-electron chi connectivity index (χ4n) is 4.91. The monoisotopic (exact) mass is 577 g/mol. The maximum Gasteiger partial charge on any atom is 0.306 e. The second kappa shape index (κ2) is 10.8. The maximum atomic E-state index is 13.3. The van der Waals surface area contributed by atoms with Gasteiger partial charge in [-0.1, -0.05) is 60.7 Å². The fourth-order valence-corrected chi connectivity index (χ4v) is 7.57. The van der Waals surface area contributed by atoms with E-state index in [1.807, 2.05) is 48.5 Å². The normalized spacial score (nSPS) is 17.4. The average Bonchev–Trinajstić information content (AvgIpc) is 3.27. The van der Waals surface area contributed by atoms with Gasteiger partial charge in [-0.3, -0.25) is 9.59 Å². The van der Waals surface area contributed by atoms with E-state index in [0.29, 0.717) is 30.3 Å². The van der Waals surface area contributed by atoms with E-state index in [1.165, 1.54) is 11.3 Å². The summed E-state index contributed by atoms with van der Waals surface area (Å²) in [5, 5.41) is 13.7. The number of carbonyl (C=O) groups is 2. The van der Waals surface area contributed by atoms with E-state index in [1.54, 1.807) is 39.0 Å². The lowest BCUT2D eigenvalue weighted by Gasteiger charge is -2.32. The molecule has 4 aromatic rings. The van der Waals surface area contributed by atoms with E-state index < -0.39 is 27.4 Å². The molecule has 1 amide bonds. The van der Waals surface area contributed by atoms with E-state index in [9.17, 15) is 18.0 Å². The molecule has 5 rings (SSSR count). The van der Waals surface area contributed by atoms with Crippen LogP contribution in [0.4, 0.5) is 0 Å². The molecule has 0 spiro atoms. The SMILES string of the molecule is CC(C)(C)NS(=O)(=O)c1ccc(-c2sc(C(=O)N[C@H]3C[C@H](C(=O)O)C3)nc2Cc2ccccc2)c2ccccc12. The topological polar surface area (TPSA) is 125 Å². The number of aromatic nitrogens is 1. The van der Waals surface area contributed by atoms with Crippen molar-refractivity contribution in [3.05, 3.63) is 83.0 Å². The molecule has 8 nitrogen and oxygen atoms in total. The van der Waals surface area contributed by atoms with Gasteiger partial charge in [0.25, 0.3) is 5.91 Å². The summed E-state index contributed by atoms with van der Waals surface area (Å²) in [5.74, 6) is -1.61. The van der Waals surface area contributed by atoms with Crippen molar-refractivity contribution in [3.8, 4) is 10.4 Å². The van der Waals surface area contributed by atoms with Crippen LogP contribution in [0.25, 0.3) is 21.2 Å². The number of carboxylic acid groups (broad SMARTS) is 1. The number of hydrogen-bond donors (Lipinski definition) is 3. The molecule has 10 heteroatoms. The first-order valence-electron chi connectivity index (χ1n) is 13.0. The average molecular weight is 578 g/mol. The molecule has 1 saturated carbocycles. The molecular formula is C30H31N3O5S2. The zero-order chi connectivity index (χ0) is 28.7. The first-order valence-corrected chi connectivity index (χ1v) is 15.3. The fraction of sp³-hybridized carbons (Fsp3) is 0.300. The van der Waals surface area contributed by atoms with Crippen LogP contribution in [-0.4, -0.2) is 42.0 Å². The molecule has 0 saturated heterocycles. The van der Waals surface area contributed by atoms with E-state index in [4.69, 9.17) is 10.1 Å². The molecular weight excluding hydrogens is 546 g/mol. The van der Waals surface area contributed by atoms with E-state index in [-0.39, 0.29) is 21.9 Å². The summed E-state index contributed by atoms with van der Waals surface area (Å²) in [6.45, 7) is 5.39. The lowest BCUT2D eigenvalue weighted by molar-refractivity contribution is -0.145. The van der Waals surface area contributed by atoms with Crippen molar-refractivity contribution >= 4 is 44.0 Å². The number of nitrogens with zero attached hydrogens (tertiary/aromatic N) is 1. The van der Waals surface area contributed by atoms with Crippen molar-refractivity contribution in [1.82, 2.24) is 15.0 Å². The molecule has 3 aromatic carbocycles. The van der Waals surface area contributed by atoms with Crippen LogP contribution in [0.1, 0.15) is 54.7 Å². The molecule has 1 aliphatic rings. The van der Waals surface area contributed by atoms with Gasteiger partial charge in [0.2, 0.25) is 10.0 Å². The second-order valence-electron chi connectivity index (χ2n) is 11.1. The zero-order valence-electron chi connectivity index (χ0n) is 22.5. The number of amides is 1. The minimum atomic E-state index is -3.80.